The molecule has 202 valence electrons. The van der Waals surface area contributed by atoms with Crippen molar-refractivity contribution >= 4 is 32.3 Å². The Kier molecular flexibility index (Phi) is 6.05. The standard InChI is InChI=1S/C41H28N2/c1-27-23-24-42-26-37(27)39-16-8-15-38(43-39)29-18-20-30(21-19-29)40-33-11-4-6-13-35(33)41(36-14-7-5-12-34(36)40)32-22-17-28-9-2-3-10-31(28)25-32/h2-26H,1H3. The number of rotatable bonds is 4. The molecule has 0 fully saturated rings. The second-order valence-corrected chi connectivity index (χ2v) is 11.1. The molecule has 0 saturated heterocycles. The Bertz CT molecular complexity index is 2240. The highest BCUT2D eigenvalue weighted by molar-refractivity contribution is 6.21. The van der Waals surface area contributed by atoms with E-state index in [2.05, 4.69) is 145 Å². The van der Waals surface area contributed by atoms with E-state index in [1.807, 2.05) is 18.5 Å². The van der Waals surface area contributed by atoms with E-state index in [1.165, 1.54) is 60.1 Å². The predicted octanol–water partition coefficient (Wildman–Crippen LogP) is 10.9. The van der Waals surface area contributed by atoms with Gasteiger partial charge in [0.15, 0.2) is 0 Å². The van der Waals surface area contributed by atoms with Crippen molar-refractivity contribution in [2.75, 3.05) is 0 Å². The van der Waals surface area contributed by atoms with Gasteiger partial charge in [-0.05, 0) is 91.3 Å². The molecule has 2 heteroatoms. The molecule has 0 aliphatic heterocycles. The van der Waals surface area contributed by atoms with E-state index in [4.69, 9.17) is 4.98 Å². The average Bonchev–Trinajstić information content (AvgIpc) is 3.07. The van der Waals surface area contributed by atoms with Crippen LogP contribution in [0.5, 0.6) is 0 Å². The lowest BCUT2D eigenvalue weighted by molar-refractivity contribution is 1.25. The topological polar surface area (TPSA) is 25.8 Å². The number of pyridine rings is 2. The van der Waals surface area contributed by atoms with Crippen LogP contribution < -0.4 is 0 Å². The lowest BCUT2D eigenvalue weighted by Gasteiger charge is -2.18. The van der Waals surface area contributed by atoms with Crippen LogP contribution in [-0.2, 0) is 0 Å². The molecule has 43 heavy (non-hydrogen) atoms. The third-order valence-corrected chi connectivity index (χ3v) is 8.50. The monoisotopic (exact) mass is 548 g/mol. The maximum atomic E-state index is 5.00. The molecule has 0 aliphatic carbocycles. The Morgan fingerprint density at radius 1 is 0.442 bits per heavy atom. The second-order valence-electron chi connectivity index (χ2n) is 11.1. The van der Waals surface area contributed by atoms with Crippen LogP contribution in [0.1, 0.15) is 5.56 Å². The Balaban J connectivity index is 1.29. The van der Waals surface area contributed by atoms with Crippen LogP contribution in [0.3, 0.4) is 0 Å². The zero-order valence-electron chi connectivity index (χ0n) is 23.8. The Morgan fingerprint density at radius 3 is 1.67 bits per heavy atom. The molecule has 0 amide bonds. The fourth-order valence-corrected chi connectivity index (χ4v) is 6.38. The van der Waals surface area contributed by atoms with E-state index in [0.717, 1.165) is 22.5 Å². The van der Waals surface area contributed by atoms with Gasteiger partial charge in [-0.15, -0.1) is 0 Å². The fraction of sp³-hybridized carbons (Fsp3) is 0.0244. The summed E-state index contributed by atoms with van der Waals surface area (Å²) in [5.41, 5.74) is 10.2. The van der Waals surface area contributed by atoms with Crippen molar-refractivity contribution in [3.63, 3.8) is 0 Å². The van der Waals surface area contributed by atoms with Gasteiger partial charge in [0.25, 0.3) is 0 Å². The van der Waals surface area contributed by atoms with Gasteiger partial charge in [-0.25, -0.2) is 4.98 Å². The molecule has 8 aromatic rings. The van der Waals surface area contributed by atoms with Gasteiger partial charge >= 0.3 is 0 Å². The molecule has 0 radical (unpaired) electrons. The summed E-state index contributed by atoms with van der Waals surface area (Å²) in [4.78, 5) is 9.32. The van der Waals surface area contributed by atoms with Crippen molar-refractivity contribution in [2.45, 2.75) is 6.92 Å². The zero-order chi connectivity index (χ0) is 28.8. The molecule has 0 saturated carbocycles. The molecule has 2 nitrogen and oxygen atoms in total. The van der Waals surface area contributed by atoms with Gasteiger partial charge in [-0.2, -0.15) is 0 Å². The third-order valence-electron chi connectivity index (χ3n) is 8.50. The molecule has 2 heterocycles. The summed E-state index contributed by atoms with van der Waals surface area (Å²) in [5.74, 6) is 0. The summed E-state index contributed by atoms with van der Waals surface area (Å²) in [6.45, 7) is 2.10. The van der Waals surface area contributed by atoms with Crippen molar-refractivity contribution in [1.29, 1.82) is 0 Å². The van der Waals surface area contributed by atoms with Crippen LogP contribution >= 0.6 is 0 Å². The number of aromatic nitrogens is 2. The minimum atomic E-state index is 0.938. The Morgan fingerprint density at radius 2 is 1.00 bits per heavy atom. The molecule has 0 N–H and O–H groups in total. The normalized spacial score (nSPS) is 11.4. The molecule has 6 aromatic carbocycles. The highest BCUT2D eigenvalue weighted by Crippen LogP contribution is 2.44. The van der Waals surface area contributed by atoms with Crippen LogP contribution in [0.15, 0.2) is 152 Å². The van der Waals surface area contributed by atoms with Gasteiger partial charge in [0.1, 0.15) is 0 Å². The zero-order valence-corrected chi connectivity index (χ0v) is 23.8. The lowest BCUT2D eigenvalue weighted by atomic mass is 9.85. The molecular formula is C41H28N2. The first-order valence-electron chi connectivity index (χ1n) is 14.7. The van der Waals surface area contributed by atoms with Gasteiger partial charge in [0.05, 0.1) is 11.4 Å². The SMILES string of the molecule is Cc1ccncc1-c1cccc(-c2ccc(-c3c4ccccc4c(-c4ccc5ccccc5c4)c4ccccc34)cc2)n1. The minimum Gasteiger partial charge on any atom is -0.264 e. The van der Waals surface area contributed by atoms with Gasteiger partial charge in [-0.3, -0.25) is 4.98 Å². The van der Waals surface area contributed by atoms with Gasteiger partial charge < -0.3 is 0 Å². The Hall–Kier alpha value is -5.60. The number of aryl methyl sites for hydroxylation is 1. The number of fused-ring (bicyclic) bond motifs is 3. The van der Waals surface area contributed by atoms with Gasteiger partial charge in [0.2, 0.25) is 0 Å². The smallest absolute Gasteiger partial charge is 0.0727 e. The van der Waals surface area contributed by atoms with E-state index < -0.39 is 0 Å². The molecule has 0 atom stereocenters. The van der Waals surface area contributed by atoms with Crippen LogP contribution in [0.4, 0.5) is 0 Å². The van der Waals surface area contributed by atoms with E-state index in [0.29, 0.717) is 0 Å². The van der Waals surface area contributed by atoms with Crippen LogP contribution in [0.2, 0.25) is 0 Å². The summed E-state index contributed by atoms with van der Waals surface area (Å²) >= 11 is 0. The molecule has 0 aliphatic rings. The highest BCUT2D eigenvalue weighted by Gasteiger charge is 2.17. The average molecular weight is 549 g/mol. The van der Waals surface area contributed by atoms with Crippen LogP contribution in [0.25, 0.3) is 77.1 Å². The van der Waals surface area contributed by atoms with Crippen molar-refractivity contribution in [2.24, 2.45) is 0 Å². The maximum absolute atomic E-state index is 5.00. The first kappa shape index (κ1) is 25.1. The van der Waals surface area contributed by atoms with E-state index in [1.54, 1.807) is 0 Å². The maximum Gasteiger partial charge on any atom is 0.0727 e. The third kappa shape index (κ3) is 4.36. The number of nitrogens with zero attached hydrogens (tertiary/aromatic N) is 2. The van der Waals surface area contributed by atoms with E-state index >= 15 is 0 Å². The predicted molar refractivity (Wildman–Crippen MR) is 181 cm³/mol. The number of hydrogen-bond acceptors (Lipinski definition) is 2. The summed E-state index contributed by atoms with van der Waals surface area (Å²) in [7, 11) is 0. The van der Waals surface area contributed by atoms with E-state index in [-0.39, 0.29) is 0 Å². The first-order chi connectivity index (χ1) is 21.2. The number of benzene rings is 6. The van der Waals surface area contributed by atoms with Gasteiger partial charge in [0, 0.05) is 23.5 Å². The second kappa shape index (κ2) is 10.3. The Labute approximate surface area is 251 Å². The van der Waals surface area contributed by atoms with Crippen LogP contribution in [-0.4, -0.2) is 9.97 Å². The highest BCUT2D eigenvalue weighted by atomic mass is 14.7. The lowest BCUT2D eigenvalue weighted by Crippen LogP contribution is -1.92. The summed E-state index contributed by atoms with van der Waals surface area (Å²) < 4.78 is 0. The first-order valence-corrected chi connectivity index (χ1v) is 14.7. The molecule has 0 unspecified atom stereocenters. The fourth-order valence-electron chi connectivity index (χ4n) is 6.38. The van der Waals surface area contributed by atoms with Crippen molar-refractivity contribution < 1.29 is 0 Å². The molecular weight excluding hydrogens is 520 g/mol. The quantitative estimate of drug-likeness (QED) is 0.204. The summed E-state index contributed by atoms with van der Waals surface area (Å²) in [6.07, 6.45) is 3.71. The largest absolute Gasteiger partial charge is 0.264 e. The minimum absolute atomic E-state index is 0.938. The van der Waals surface area contributed by atoms with Crippen molar-refractivity contribution in [3.8, 4) is 44.8 Å². The molecule has 8 rings (SSSR count). The molecule has 2 aromatic heterocycles. The molecule has 0 bridgehead atoms. The van der Waals surface area contributed by atoms with Crippen molar-refractivity contribution in [1.82, 2.24) is 9.97 Å². The van der Waals surface area contributed by atoms with Crippen LogP contribution in [0, 0.1) is 6.92 Å². The molecule has 0 spiro atoms. The van der Waals surface area contributed by atoms with Crippen molar-refractivity contribution in [3.05, 3.63) is 157 Å². The summed E-state index contributed by atoms with van der Waals surface area (Å²) in [6, 6.07) is 50.1. The summed E-state index contributed by atoms with van der Waals surface area (Å²) in [5, 5.41) is 7.54. The van der Waals surface area contributed by atoms with E-state index in [9.17, 15) is 0 Å². The number of hydrogen-bond donors (Lipinski definition) is 0. The van der Waals surface area contributed by atoms with Gasteiger partial charge in [-0.1, -0.05) is 115 Å².